The van der Waals surface area contributed by atoms with Crippen molar-refractivity contribution in [1.82, 2.24) is 9.97 Å². The van der Waals surface area contributed by atoms with Crippen molar-refractivity contribution >= 4 is 15.9 Å². The molecular formula is C13H12BrN3. The monoisotopic (exact) mass is 289 g/mol. The maximum absolute atomic E-state index is 6.11. The first kappa shape index (κ1) is 10.9. The molecule has 0 radical (unpaired) electrons. The average Bonchev–Trinajstić information content (AvgIpc) is 3.09. The van der Waals surface area contributed by atoms with Crippen LogP contribution in [0.5, 0.6) is 0 Å². The van der Waals surface area contributed by atoms with Crippen LogP contribution in [0.15, 0.2) is 41.0 Å². The lowest BCUT2D eigenvalue weighted by Gasteiger charge is -2.08. The van der Waals surface area contributed by atoms with Gasteiger partial charge in [-0.3, -0.25) is 0 Å². The van der Waals surface area contributed by atoms with Crippen molar-refractivity contribution in [1.29, 1.82) is 0 Å². The molecule has 86 valence electrons. The van der Waals surface area contributed by atoms with Crippen molar-refractivity contribution in [2.24, 2.45) is 5.73 Å². The number of hydrogen-bond acceptors (Lipinski definition) is 3. The van der Waals surface area contributed by atoms with E-state index in [2.05, 4.69) is 25.9 Å². The van der Waals surface area contributed by atoms with Crippen molar-refractivity contribution in [3.8, 4) is 11.3 Å². The van der Waals surface area contributed by atoms with Gasteiger partial charge >= 0.3 is 0 Å². The maximum Gasteiger partial charge on any atom is 0.148 e. The zero-order chi connectivity index (χ0) is 11.9. The van der Waals surface area contributed by atoms with Gasteiger partial charge in [-0.25, -0.2) is 9.97 Å². The van der Waals surface area contributed by atoms with Crippen LogP contribution in [0.3, 0.4) is 0 Å². The molecule has 3 rings (SSSR count). The van der Waals surface area contributed by atoms with Gasteiger partial charge in [-0.05, 0) is 31.0 Å². The number of nitrogens with two attached hydrogens (primary N) is 1. The van der Waals surface area contributed by atoms with E-state index in [0.29, 0.717) is 0 Å². The summed E-state index contributed by atoms with van der Waals surface area (Å²) < 4.78 is 1.05. The van der Waals surface area contributed by atoms with Crippen LogP contribution in [0.1, 0.15) is 18.7 Å². The van der Waals surface area contributed by atoms with Gasteiger partial charge in [0.15, 0.2) is 0 Å². The summed E-state index contributed by atoms with van der Waals surface area (Å²) in [5.41, 5.74) is 7.83. The van der Waals surface area contributed by atoms with E-state index in [-0.39, 0.29) is 5.54 Å². The Bertz CT molecular complexity index is 564. The van der Waals surface area contributed by atoms with Gasteiger partial charge in [-0.2, -0.15) is 0 Å². The second kappa shape index (κ2) is 3.89. The molecule has 2 N–H and O–H groups in total. The van der Waals surface area contributed by atoms with Crippen LogP contribution in [0.2, 0.25) is 0 Å². The summed E-state index contributed by atoms with van der Waals surface area (Å²) in [6.07, 6.45) is 3.75. The Labute approximate surface area is 108 Å². The van der Waals surface area contributed by atoms with Gasteiger partial charge in [0.05, 0.1) is 11.2 Å². The van der Waals surface area contributed by atoms with Crippen LogP contribution < -0.4 is 5.73 Å². The third kappa shape index (κ3) is 2.10. The third-order valence-corrected chi connectivity index (χ3v) is 3.50. The minimum Gasteiger partial charge on any atom is -0.319 e. The summed E-state index contributed by atoms with van der Waals surface area (Å²) in [5, 5.41) is 0. The summed E-state index contributed by atoms with van der Waals surface area (Å²) in [4.78, 5) is 8.83. The van der Waals surface area contributed by atoms with Crippen LogP contribution in [0.4, 0.5) is 0 Å². The van der Waals surface area contributed by atoms with E-state index >= 15 is 0 Å². The molecular weight excluding hydrogens is 278 g/mol. The minimum atomic E-state index is -0.276. The maximum atomic E-state index is 6.11. The fraction of sp³-hybridized carbons (Fsp3) is 0.231. The molecule has 1 aromatic heterocycles. The first-order chi connectivity index (χ1) is 8.17. The second-order valence-electron chi connectivity index (χ2n) is 4.43. The number of halogens is 1. The molecule has 2 aromatic rings. The quantitative estimate of drug-likeness (QED) is 0.925. The fourth-order valence-electron chi connectivity index (χ4n) is 1.77. The van der Waals surface area contributed by atoms with Crippen LogP contribution in [0, 0.1) is 0 Å². The lowest BCUT2D eigenvalue weighted by molar-refractivity contribution is 0.673. The molecule has 0 aliphatic heterocycles. The molecule has 0 atom stereocenters. The number of hydrogen-bond donors (Lipinski definition) is 1. The molecule has 0 amide bonds. The van der Waals surface area contributed by atoms with Crippen molar-refractivity contribution in [2.45, 2.75) is 18.4 Å². The number of benzene rings is 1. The standard InChI is InChI=1S/C13H12BrN3/c14-10-3-1-2-9(8-10)11-4-7-16-12(17-11)13(15)5-6-13/h1-4,7-8H,5-6,15H2. The molecule has 3 nitrogen and oxygen atoms in total. The van der Waals surface area contributed by atoms with Crippen LogP contribution in [-0.4, -0.2) is 9.97 Å². The summed E-state index contributed by atoms with van der Waals surface area (Å²) in [6, 6.07) is 9.99. The average molecular weight is 290 g/mol. The van der Waals surface area contributed by atoms with Gasteiger partial charge in [-0.1, -0.05) is 28.1 Å². The topological polar surface area (TPSA) is 51.8 Å². The Morgan fingerprint density at radius 2 is 2.06 bits per heavy atom. The van der Waals surface area contributed by atoms with Crippen molar-refractivity contribution in [2.75, 3.05) is 0 Å². The van der Waals surface area contributed by atoms with Gasteiger partial charge in [-0.15, -0.1) is 0 Å². The molecule has 0 bridgehead atoms. The molecule has 1 fully saturated rings. The molecule has 1 heterocycles. The molecule has 4 heteroatoms. The van der Waals surface area contributed by atoms with Gasteiger partial charge in [0, 0.05) is 16.2 Å². The van der Waals surface area contributed by atoms with E-state index in [1.54, 1.807) is 6.20 Å². The van der Waals surface area contributed by atoms with E-state index in [1.807, 2.05) is 30.3 Å². The predicted molar refractivity (Wildman–Crippen MR) is 70.3 cm³/mol. The zero-order valence-corrected chi connectivity index (χ0v) is 10.8. The molecule has 17 heavy (non-hydrogen) atoms. The Hall–Kier alpha value is -1.26. The number of aromatic nitrogens is 2. The van der Waals surface area contributed by atoms with E-state index < -0.39 is 0 Å². The Morgan fingerprint density at radius 1 is 1.24 bits per heavy atom. The van der Waals surface area contributed by atoms with Crippen LogP contribution in [-0.2, 0) is 5.54 Å². The molecule has 1 aromatic carbocycles. The van der Waals surface area contributed by atoms with Crippen LogP contribution in [0.25, 0.3) is 11.3 Å². The first-order valence-corrected chi connectivity index (χ1v) is 6.35. The summed E-state index contributed by atoms with van der Waals surface area (Å²) in [5.74, 6) is 0.759. The summed E-state index contributed by atoms with van der Waals surface area (Å²) in [6.45, 7) is 0. The summed E-state index contributed by atoms with van der Waals surface area (Å²) >= 11 is 3.46. The molecule has 0 spiro atoms. The molecule has 0 saturated heterocycles. The largest absolute Gasteiger partial charge is 0.319 e. The molecule has 1 aliphatic rings. The fourth-order valence-corrected chi connectivity index (χ4v) is 2.16. The Balaban J connectivity index is 2.03. The van der Waals surface area contributed by atoms with Crippen molar-refractivity contribution in [3.63, 3.8) is 0 Å². The Morgan fingerprint density at radius 3 is 2.76 bits per heavy atom. The lowest BCUT2D eigenvalue weighted by atomic mass is 10.1. The zero-order valence-electron chi connectivity index (χ0n) is 9.23. The first-order valence-electron chi connectivity index (χ1n) is 5.56. The van der Waals surface area contributed by atoms with Crippen molar-refractivity contribution in [3.05, 3.63) is 46.8 Å². The second-order valence-corrected chi connectivity index (χ2v) is 5.35. The van der Waals surface area contributed by atoms with E-state index in [4.69, 9.17) is 5.73 Å². The Kier molecular flexibility index (Phi) is 2.49. The highest BCUT2D eigenvalue weighted by molar-refractivity contribution is 9.10. The smallest absolute Gasteiger partial charge is 0.148 e. The summed E-state index contributed by atoms with van der Waals surface area (Å²) in [7, 11) is 0. The third-order valence-electron chi connectivity index (χ3n) is 3.01. The van der Waals surface area contributed by atoms with E-state index in [0.717, 1.165) is 34.4 Å². The van der Waals surface area contributed by atoms with Crippen molar-refractivity contribution < 1.29 is 0 Å². The molecule has 0 unspecified atom stereocenters. The van der Waals surface area contributed by atoms with E-state index in [9.17, 15) is 0 Å². The van der Waals surface area contributed by atoms with Gasteiger partial charge < -0.3 is 5.73 Å². The van der Waals surface area contributed by atoms with Gasteiger partial charge in [0.1, 0.15) is 5.82 Å². The lowest BCUT2D eigenvalue weighted by Crippen LogP contribution is -2.22. The molecule has 1 saturated carbocycles. The number of nitrogens with zero attached hydrogens (tertiary/aromatic N) is 2. The molecule has 1 aliphatic carbocycles. The highest BCUT2D eigenvalue weighted by Crippen LogP contribution is 2.41. The predicted octanol–water partition coefficient (Wildman–Crippen LogP) is 2.85. The van der Waals surface area contributed by atoms with Gasteiger partial charge in [0.2, 0.25) is 0 Å². The van der Waals surface area contributed by atoms with Crippen LogP contribution >= 0.6 is 15.9 Å². The normalized spacial score (nSPS) is 16.8. The number of rotatable bonds is 2. The minimum absolute atomic E-state index is 0.276. The highest BCUT2D eigenvalue weighted by atomic mass is 79.9. The van der Waals surface area contributed by atoms with Gasteiger partial charge in [0.25, 0.3) is 0 Å². The highest BCUT2D eigenvalue weighted by Gasteiger charge is 2.43. The van der Waals surface area contributed by atoms with E-state index in [1.165, 1.54) is 0 Å². The SMILES string of the molecule is NC1(c2nccc(-c3cccc(Br)c3)n2)CC1.